The van der Waals surface area contributed by atoms with E-state index in [1.54, 1.807) is 14.0 Å². The van der Waals surface area contributed by atoms with Crippen LogP contribution in [0.15, 0.2) is 18.2 Å². The molecule has 0 bridgehead atoms. The molecule has 1 aromatic carbocycles. The summed E-state index contributed by atoms with van der Waals surface area (Å²) in [6.45, 7) is 1.84. The molecule has 0 aromatic heterocycles. The first kappa shape index (κ1) is 14.4. The minimum atomic E-state index is -0.585. The molecule has 0 N–H and O–H groups in total. The van der Waals surface area contributed by atoms with Crippen molar-refractivity contribution in [3.8, 4) is 6.07 Å². The quantitative estimate of drug-likeness (QED) is 0.453. The first-order valence-corrected chi connectivity index (χ1v) is 5.55. The number of hydrogen-bond donors (Lipinski definition) is 0. The van der Waals surface area contributed by atoms with Gasteiger partial charge >= 0.3 is 5.97 Å². The summed E-state index contributed by atoms with van der Waals surface area (Å²) in [6.07, 6.45) is 0. The fourth-order valence-electron chi connectivity index (χ4n) is 1.55. The summed E-state index contributed by atoms with van der Waals surface area (Å²) in [7, 11) is 1.55. The minimum Gasteiger partial charge on any atom is -0.465 e. The van der Waals surface area contributed by atoms with E-state index < -0.39 is 10.9 Å². The normalized spacial score (nSPS) is 9.53. The predicted molar refractivity (Wildman–Crippen MR) is 67.7 cm³/mol. The van der Waals surface area contributed by atoms with Crippen molar-refractivity contribution in [2.75, 3.05) is 25.1 Å². The number of anilines is 1. The predicted octanol–water partition coefficient (Wildman–Crippen LogP) is 1.47. The number of benzene rings is 1. The number of carbonyl (C=O) groups excluding carboxylic acids is 1. The summed E-state index contributed by atoms with van der Waals surface area (Å²) in [6, 6.07) is 5.92. The number of nitrogens with zero attached hydrogens (tertiary/aromatic N) is 3. The molecule has 0 fully saturated rings. The number of esters is 1. The van der Waals surface area contributed by atoms with E-state index in [4.69, 9.17) is 10.00 Å². The maximum Gasteiger partial charge on any atom is 0.325 e. The van der Waals surface area contributed by atoms with Crippen molar-refractivity contribution < 1.29 is 14.5 Å². The van der Waals surface area contributed by atoms with Crippen LogP contribution in [0.1, 0.15) is 12.5 Å². The topological polar surface area (TPSA) is 96.5 Å². The Kier molecular flexibility index (Phi) is 4.83. The van der Waals surface area contributed by atoms with Gasteiger partial charge in [-0.1, -0.05) is 0 Å². The van der Waals surface area contributed by atoms with Crippen molar-refractivity contribution in [1.82, 2.24) is 0 Å². The van der Waals surface area contributed by atoms with Gasteiger partial charge in [-0.15, -0.1) is 0 Å². The Morgan fingerprint density at radius 3 is 2.79 bits per heavy atom. The Hall–Kier alpha value is -2.62. The molecule has 0 atom stereocenters. The van der Waals surface area contributed by atoms with E-state index in [0.29, 0.717) is 0 Å². The molecule has 1 rings (SSSR count). The molecule has 100 valence electrons. The molecule has 0 spiro atoms. The maximum atomic E-state index is 11.3. The highest BCUT2D eigenvalue weighted by molar-refractivity contribution is 5.77. The Labute approximate surface area is 110 Å². The minimum absolute atomic E-state index is 0.0966. The van der Waals surface area contributed by atoms with E-state index in [-0.39, 0.29) is 30.1 Å². The molecule has 1 aromatic rings. The second-order valence-corrected chi connectivity index (χ2v) is 3.73. The van der Waals surface area contributed by atoms with Crippen molar-refractivity contribution >= 4 is 17.3 Å². The smallest absolute Gasteiger partial charge is 0.325 e. The summed E-state index contributed by atoms with van der Waals surface area (Å²) in [5, 5.41) is 19.7. The first-order valence-electron chi connectivity index (χ1n) is 5.55. The number of hydrogen-bond acceptors (Lipinski definition) is 6. The fraction of sp³-hybridized carbons (Fsp3) is 0.333. The molecule has 0 radical (unpaired) electrons. The van der Waals surface area contributed by atoms with Gasteiger partial charge < -0.3 is 9.64 Å². The van der Waals surface area contributed by atoms with Gasteiger partial charge in [-0.3, -0.25) is 14.9 Å². The van der Waals surface area contributed by atoms with Crippen molar-refractivity contribution in [3.63, 3.8) is 0 Å². The summed E-state index contributed by atoms with van der Waals surface area (Å²) in [4.78, 5) is 23.1. The van der Waals surface area contributed by atoms with Gasteiger partial charge in [0, 0.05) is 13.1 Å². The van der Waals surface area contributed by atoms with Crippen molar-refractivity contribution in [2.45, 2.75) is 6.92 Å². The van der Waals surface area contributed by atoms with Crippen LogP contribution in [0.25, 0.3) is 0 Å². The molecule has 0 aliphatic rings. The van der Waals surface area contributed by atoms with Crippen LogP contribution in [0.5, 0.6) is 0 Å². The monoisotopic (exact) mass is 263 g/mol. The summed E-state index contributed by atoms with van der Waals surface area (Å²) < 4.78 is 4.78. The van der Waals surface area contributed by atoms with Crippen molar-refractivity contribution in [2.24, 2.45) is 0 Å². The van der Waals surface area contributed by atoms with Crippen LogP contribution in [-0.4, -0.2) is 31.1 Å². The van der Waals surface area contributed by atoms with E-state index in [9.17, 15) is 14.9 Å². The van der Waals surface area contributed by atoms with Gasteiger partial charge in [0.15, 0.2) is 0 Å². The van der Waals surface area contributed by atoms with Gasteiger partial charge in [0.25, 0.3) is 5.69 Å². The molecule has 0 aliphatic carbocycles. The molecule has 0 saturated heterocycles. The van der Waals surface area contributed by atoms with Gasteiger partial charge in [-0.05, 0) is 19.1 Å². The largest absolute Gasteiger partial charge is 0.465 e. The number of carbonyl (C=O) groups is 1. The van der Waals surface area contributed by atoms with Crippen LogP contribution in [0.4, 0.5) is 11.4 Å². The zero-order valence-electron chi connectivity index (χ0n) is 10.6. The van der Waals surface area contributed by atoms with E-state index >= 15 is 0 Å². The lowest BCUT2D eigenvalue weighted by Gasteiger charge is -2.17. The van der Waals surface area contributed by atoms with E-state index in [1.165, 1.54) is 23.1 Å². The lowest BCUT2D eigenvalue weighted by Crippen LogP contribution is -2.27. The lowest BCUT2D eigenvalue weighted by atomic mass is 10.2. The average molecular weight is 263 g/mol. The highest BCUT2D eigenvalue weighted by atomic mass is 16.6. The SMILES string of the molecule is CCOC(=O)CN(C)c1ccc(C#N)cc1[N+](=O)[O-]. The lowest BCUT2D eigenvalue weighted by molar-refractivity contribution is -0.384. The molecule has 7 heteroatoms. The standard InChI is InChI=1S/C12H13N3O4/c1-3-19-12(16)8-14(2)10-5-4-9(7-13)6-11(10)15(17)18/h4-6H,3,8H2,1-2H3. The zero-order chi connectivity index (χ0) is 14.4. The maximum absolute atomic E-state index is 11.3. The van der Waals surface area contributed by atoms with Crippen LogP contribution < -0.4 is 4.90 Å². The number of nitro groups is 1. The molecule has 19 heavy (non-hydrogen) atoms. The highest BCUT2D eigenvalue weighted by Gasteiger charge is 2.19. The third kappa shape index (κ3) is 3.67. The highest BCUT2D eigenvalue weighted by Crippen LogP contribution is 2.28. The van der Waals surface area contributed by atoms with Gasteiger partial charge in [-0.2, -0.15) is 5.26 Å². The number of nitriles is 1. The third-order valence-corrected chi connectivity index (χ3v) is 2.38. The summed E-state index contributed by atoms with van der Waals surface area (Å²) >= 11 is 0. The molecule has 0 aliphatic heterocycles. The molecular formula is C12H13N3O4. The Morgan fingerprint density at radius 1 is 1.58 bits per heavy atom. The summed E-state index contributed by atoms with van der Waals surface area (Å²) in [5.74, 6) is -0.469. The number of nitro benzene ring substituents is 1. The average Bonchev–Trinajstić information content (AvgIpc) is 2.38. The summed E-state index contributed by atoms with van der Waals surface area (Å²) in [5.41, 5.74) is 0.239. The van der Waals surface area contributed by atoms with Gasteiger partial charge in [0.2, 0.25) is 0 Å². The molecule has 0 saturated carbocycles. The first-order chi connectivity index (χ1) is 8.99. The van der Waals surface area contributed by atoms with E-state index in [1.807, 2.05) is 6.07 Å². The number of ether oxygens (including phenoxy) is 1. The molecule has 0 amide bonds. The van der Waals surface area contributed by atoms with Crippen molar-refractivity contribution in [3.05, 3.63) is 33.9 Å². The molecular weight excluding hydrogens is 250 g/mol. The van der Waals surface area contributed by atoms with E-state index in [2.05, 4.69) is 0 Å². The van der Waals surface area contributed by atoms with Gasteiger partial charge in [-0.25, -0.2) is 0 Å². The van der Waals surface area contributed by atoms with Gasteiger partial charge in [0.1, 0.15) is 12.2 Å². The van der Waals surface area contributed by atoms with Crippen molar-refractivity contribution in [1.29, 1.82) is 5.26 Å². The fourth-order valence-corrected chi connectivity index (χ4v) is 1.55. The third-order valence-electron chi connectivity index (χ3n) is 2.38. The molecule has 0 unspecified atom stereocenters. The van der Waals surface area contributed by atoms with Gasteiger partial charge in [0.05, 0.1) is 23.2 Å². The Balaban J connectivity index is 3.02. The van der Waals surface area contributed by atoms with Crippen LogP contribution >= 0.6 is 0 Å². The van der Waals surface area contributed by atoms with Crippen LogP contribution in [-0.2, 0) is 9.53 Å². The van der Waals surface area contributed by atoms with Crippen LogP contribution in [0, 0.1) is 21.4 Å². The molecule has 0 heterocycles. The zero-order valence-corrected chi connectivity index (χ0v) is 10.6. The number of likely N-dealkylation sites (N-methyl/N-ethyl adjacent to an activating group) is 1. The second-order valence-electron chi connectivity index (χ2n) is 3.73. The molecule has 7 nitrogen and oxygen atoms in total. The Bertz CT molecular complexity index is 536. The van der Waals surface area contributed by atoms with Crippen LogP contribution in [0.2, 0.25) is 0 Å². The van der Waals surface area contributed by atoms with E-state index in [0.717, 1.165) is 0 Å². The number of rotatable bonds is 5. The Morgan fingerprint density at radius 2 is 2.26 bits per heavy atom. The second kappa shape index (κ2) is 6.35. The van der Waals surface area contributed by atoms with Crippen LogP contribution in [0.3, 0.4) is 0 Å².